The molecule has 2 amide bonds. The number of nitrogens with one attached hydrogen (secondary N) is 2. The first-order valence-corrected chi connectivity index (χ1v) is 8.45. The molecular formula is C20H24N2O4. The van der Waals surface area contributed by atoms with Gasteiger partial charge in [-0.15, -0.1) is 0 Å². The topological polar surface area (TPSA) is 76.7 Å². The molecular weight excluding hydrogens is 332 g/mol. The molecule has 6 heteroatoms. The molecule has 2 N–H and O–H groups in total. The van der Waals surface area contributed by atoms with Gasteiger partial charge in [-0.25, -0.2) is 0 Å². The molecule has 0 atom stereocenters. The van der Waals surface area contributed by atoms with Gasteiger partial charge in [-0.3, -0.25) is 9.59 Å². The van der Waals surface area contributed by atoms with Gasteiger partial charge in [0.15, 0.2) is 18.1 Å². The highest BCUT2D eigenvalue weighted by Gasteiger charge is 2.10. The number of amides is 2. The second kappa shape index (κ2) is 9.46. The normalized spacial score (nSPS) is 10.1. The summed E-state index contributed by atoms with van der Waals surface area (Å²) in [4.78, 5) is 23.9. The largest absolute Gasteiger partial charge is 0.493 e. The van der Waals surface area contributed by atoms with Crippen molar-refractivity contribution < 1.29 is 19.1 Å². The molecule has 0 aliphatic heterocycles. The smallest absolute Gasteiger partial charge is 0.258 e. The summed E-state index contributed by atoms with van der Waals surface area (Å²) in [5, 5.41) is 5.34. The summed E-state index contributed by atoms with van der Waals surface area (Å²) < 4.78 is 10.7. The molecule has 0 saturated heterocycles. The highest BCUT2D eigenvalue weighted by Crippen LogP contribution is 2.27. The summed E-state index contributed by atoms with van der Waals surface area (Å²) in [5.41, 5.74) is 2.83. The van der Waals surface area contributed by atoms with E-state index in [9.17, 15) is 9.59 Å². The van der Waals surface area contributed by atoms with Crippen molar-refractivity contribution in [1.29, 1.82) is 0 Å². The average molecular weight is 356 g/mol. The fraction of sp³-hybridized carbons (Fsp3) is 0.300. The maximum Gasteiger partial charge on any atom is 0.258 e. The van der Waals surface area contributed by atoms with Gasteiger partial charge in [0.25, 0.3) is 5.91 Å². The van der Waals surface area contributed by atoms with Crippen LogP contribution >= 0.6 is 0 Å². The number of anilines is 1. The van der Waals surface area contributed by atoms with E-state index in [2.05, 4.69) is 10.6 Å². The van der Waals surface area contributed by atoms with Crippen molar-refractivity contribution in [3.05, 3.63) is 53.6 Å². The minimum atomic E-state index is -0.383. The van der Waals surface area contributed by atoms with E-state index in [0.717, 1.165) is 23.2 Å². The highest BCUT2D eigenvalue weighted by molar-refractivity contribution is 5.95. The first kappa shape index (κ1) is 19.3. The zero-order valence-corrected chi connectivity index (χ0v) is 15.3. The average Bonchev–Trinajstić information content (AvgIpc) is 2.65. The molecule has 2 aromatic carbocycles. The number of rotatable bonds is 8. The van der Waals surface area contributed by atoms with Gasteiger partial charge in [-0.2, -0.15) is 0 Å². The number of aryl methyl sites for hydroxylation is 2. The van der Waals surface area contributed by atoms with Gasteiger partial charge >= 0.3 is 0 Å². The molecule has 138 valence electrons. The van der Waals surface area contributed by atoms with Gasteiger partial charge in [0.05, 0.1) is 13.7 Å². The van der Waals surface area contributed by atoms with Crippen LogP contribution in [0.25, 0.3) is 0 Å². The van der Waals surface area contributed by atoms with Crippen LogP contribution < -0.4 is 20.1 Å². The van der Waals surface area contributed by atoms with Crippen molar-refractivity contribution >= 4 is 17.5 Å². The van der Waals surface area contributed by atoms with Crippen molar-refractivity contribution in [1.82, 2.24) is 5.32 Å². The molecule has 0 bridgehead atoms. The number of benzene rings is 2. The summed E-state index contributed by atoms with van der Waals surface area (Å²) >= 11 is 0. The van der Waals surface area contributed by atoms with Crippen molar-refractivity contribution in [3.8, 4) is 11.5 Å². The van der Waals surface area contributed by atoms with Gasteiger partial charge in [0, 0.05) is 5.69 Å². The Balaban J connectivity index is 1.80. The van der Waals surface area contributed by atoms with Gasteiger partial charge in [0.2, 0.25) is 5.91 Å². The summed E-state index contributed by atoms with van der Waals surface area (Å²) in [6.45, 7) is 3.64. The molecule has 6 nitrogen and oxygen atoms in total. The van der Waals surface area contributed by atoms with E-state index in [1.165, 1.54) is 0 Å². The Hall–Kier alpha value is -3.02. The Morgan fingerprint density at radius 3 is 2.54 bits per heavy atom. The lowest BCUT2D eigenvalue weighted by Crippen LogP contribution is -2.35. The summed E-state index contributed by atoms with van der Waals surface area (Å²) in [6.07, 6.45) is 0.815. The second-order valence-electron chi connectivity index (χ2n) is 5.78. The Morgan fingerprint density at radius 1 is 1.04 bits per heavy atom. The van der Waals surface area contributed by atoms with Gasteiger partial charge in [-0.05, 0) is 42.7 Å². The Labute approximate surface area is 153 Å². The van der Waals surface area contributed by atoms with Crippen LogP contribution in [0.15, 0.2) is 42.5 Å². The molecule has 0 saturated carbocycles. The van der Waals surface area contributed by atoms with Crippen molar-refractivity contribution in [2.24, 2.45) is 0 Å². The molecule has 2 rings (SSSR count). The number of hydrogen-bond donors (Lipinski definition) is 2. The molecule has 0 aliphatic carbocycles. The van der Waals surface area contributed by atoms with Crippen molar-refractivity contribution in [2.75, 3.05) is 25.6 Å². The fourth-order valence-electron chi connectivity index (χ4n) is 2.41. The zero-order valence-electron chi connectivity index (χ0n) is 15.3. The van der Waals surface area contributed by atoms with E-state index >= 15 is 0 Å². The molecule has 26 heavy (non-hydrogen) atoms. The lowest BCUT2D eigenvalue weighted by molar-refractivity contribution is -0.125. The number of methoxy groups -OCH3 is 1. The number of carbonyl (C=O) groups is 2. The van der Waals surface area contributed by atoms with Gasteiger partial charge in [0.1, 0.15) is 0 Å². The van der Waals surface area contributed by atoms with Crippen LogP contribution in [0, 0.1) is 6.92 Å². The predicted molar refractivity (Wildman–Crippen MR) is 101 cm³/mol. The number of ether oxygens (including phenoxy) is 2. The first-order chi connectivity index (χ1) is 12.5. The lowest BCUT2D eigenvalue weighted by atomic mass is 10.1. The molecule has 0 heterocycles. The standard InChI is InChI=1S/C20H24N2O4/c1-4-15-7-5-6-8-16(15)22-19(23)12-21-20(24)13-26-17-10-9-14(2)11-18(17)25-3/h5-11H,4,12-13H2,1-3H3,(H,21,24)(H,22,23). The third kappa shape index (κ3) is 5.51. The molecule has 0 fully saturated rings. The summed E-state index contributed by atoms with van der Waals surface area (Å²) in [5.74, 6) is 0.375. The van der Waals surface area contributed by atoms with Crippen LogP contribution in [-0.2, 0) is 16.0 Å². The minimum absolute atomic E-state index is 0.120. The Kier molecular flexibility index (Phi) is 7.02. The van der Waals surface area contributed by atoms with Crippen LogP contribution in [0.4, 0.5) is 5.69 Å². The fourth-order valence-corrected chi connectivity index (χ4v) is 2.41. The molecule has 0 radical (unpaired) electrons. The third-order valence-corrected chi connectivity index (χ3v) is 3.80. The van der Waals surface area contributed by atoms with E-state index < -0.39 is 0 Å². The second-order valence-corrected chi connectivity index (χ2v) is 5.78. The predicted octanol–water partition coefficient (Wildman–Crippen LogP) is 2.70. The highest BCUT2D eigenvalue weighted by atomic mass is 16.5. The monoisotopic (exact) mass is 356 g/mol. The number of hydrogen-bond acceptors (Lipinski definition) is 4. The lowest BCUT2D eigenvalue weighted by Gasteiger charge is -2.12. The molecule has 0 aromatic heterocycles. The van der Waals surface area contributed by atoms with Crippen molar-refractivity contribution in [2.45, 2.75) is 20.3 Å². The van der Waals surface area contributed by atoms with E-state index in [0.29, 0.717) is 11.5 Å². The van der Waals surface area contributed by atoms with Crippen LogP contribution in [0.2, 0.25) is 0 Å². The van der Waals surface area contributed by atoms with E-state index in [1.807, 2.05) is 50.2 Å². The van der Waals surface area contributed by atoms with E-state index in [1.54, 1.807) is 13.2 Å². The Bertz CT molecular complexity index is 774. The van der Waals surface area contributed by atoms with E-state index in [-0.39, 0.29) is 25.0 Å². The minimum Gasteiger partial charge on any atom is -0.493 e. The summed E-state index contributed by atoms with van der Waals surface area (Å²) in [7, 11) is 1.54. The third-order valence-electron chi connectivity index (χ3n) is 3.80. The molecule has 0 spiro atoms. The van der Waals surface area contributed by atoms with Gasteiger partial charge < -0.3 is 20.1 Å². The molecule has 0 unspecified atom stereocenters. The van der Waals surface area contributed by atoms with Crippen LogP contribution in [0.3, 0.4) is 0 Å². The summed E-state index contributed by atoms with van der Waals surface area (Å²) in [6, 6.07) is 13.0. The van der Waals surface area contributed by atoms with Crippen LogP contribution in [-0.4, -0.2) is 32.1 Å². The van der Waals surface area contributed by atoms with Crippen molar-refractivity contribution in [3.63, 3.8) is 0 Å². The molecule has 0 aliphatic rings. The first-order valence-electron chi connectivity index (χ1n) is 8.45. The van der Waals surface area contributed by atoms with Gasteiger partial charge in [-0.1, -0.05) is 31.2 Å². The quantitative estimate of drug-likeness (QED) is 0.762. The SMILES string of the molecule is CCc1ccccc1NC(=O)CNC(=O)COc1ccc(C)cc1OC. The number of carbonyl (C=O) groups excluding carboxylic acids is 2. The maximum absolute atomic E-state index is 12.0. The maximum atomic E-state index is 12.0. The Morgan fingerprint density at radius 2 is 1.81 bits per heavy atom. The van der Waals surface area contributed by atoms with Crippen LogP contribution in [0.5, 0.6) is 11.5 Å². The molecule has 2 aromatic rings. The van der Waals surface area contributed by atoms with E-state index in [4.69, 9.17) is 9.47 Å². The zero-order chi connectivity index (χ0) is 18.9. The number of para-hydroxylation sites is 1. The van der Waals surface area contributed by atoms with Crippen LogP contribution in [0.1, 0.15) is 18.1 Å².